The number of anilines is 1. The predicted molar refractivity (Wildman–Crippen MR) is 115 cm³/mol. The van der Waals surface area contributed by atoms with Crippen LogP contribution in [-0.2, 0) is 16.9 Å². The van der Waals surface area contributed by atoms with Crippen LogP contribution in [0.15, 0.2) is 51.9 Å². The summed E-state index contributed by atoms with van der Waals surface area (Å²) >= 11 is 4.95. The number of aliphatic imine (C=N–C) groups is 1. The lowest BCUT2D eigenvalue weighted by Gasteiger charge is -2.30. The molecule has 7 heteroatoms. The quantitative estimate of drug-likeness (QED) is 0.706. The highest BCUT2D eigenvalue weighted by atomic mass is 79.9. The van der Waals surface area contributed by atoms with Crippen molar-refractivity contribution >= 4 is 44.5 Å². The normalized spacial score (nSPS) is 19.4. The van der Waals surface area contributed by atoms with Gasteiger partial charge in [0.1, 0.15) is 0 Å². The second-order valence-electron chi connectivity index (χ2n) is 6.63. The maximum absolute atomic E-state index is 12.6. The minimum absolute atomic E-state index is 0.157. The molecule has 27 heavy (non-hydrogen) atoms. The Balaban J connectivity index is 1.93. The molecule has 3 N–H and O–H groups in total. The number of carbonyl (C=O) groups excluding carboxylic acids is 1. The molecule has 0 aliphatic carbocycles. The fraction of sp³-hybridized carbons (Fsp3) is 0.300. The van der Waals surface area contributed by atoms with E-state index in [0.29, 0.717) is 17.3 Å². The molecule has 3 rings (SSSR count). The van der Waals surface area contributed by atoms with Crippen molar-refractivity contribution in [3.63, 3.8) is 0 Å². The van der Waals surface area contributed by atoms with Crippen molar-refractivity contribution in [2.24, 2.45) is 10.7 Å². The fourth-order valence-corrected chi connectivity index (χ4v) is 4.26. The molecular weight excluding hydrogens is 426 g/mol. The smallest absolute Gasteiger partial charge is 0.255 e. The Hall–Kier alpha value is -1.83. The largest absolute Gasteiger partial charge is 0.380 e. The number of nitrogens with zero attached hydrogens (tertiary/aromatic N) is 1. The number of amidine groups is 1. The van der Waals surface area contributed by atoms with Gasteiger partial charge in [-0.2, -0.15) is 0 Å². The van der Waals surface area contributed by atoms with E-state index in [9.17, 15) is 4.79 Å². The van der Waals surface area contributed by atoms with E-state index in [1.165, 1.54) is 0 Å². The number of carbonyl (C=O) groups is 1. The van der Waals surface area contributed by atoms with Gasteiger partial charge in [0.05, 0.1) is 12.1 Å². The average Bonchev–Trinajstić information content (AvgIpc) is 2.62. The number of rotatable bonds is 5. The SMILES string of the molecule is COCc1cc(NC(=O)c2ccc(Br)cc2)cc(C2(C)CCSC(N)=N2)c1. The summed E-state index contributed by atoms with van der Waals surface area (Å²) in [5, 5.41) is 3.59. The van der Waals surface area contributed by atoms with Gasteiger partial charge in [-0.05, 0) is 60.9 Å². The lowest BCUT2D eigenvalue weighted by molar-refractivity contribution is 0.102. The van der Waals surface area contributed by atoms with Gasteiger partial charge in [0, 0.05) is 28.6 Å². The summed E-state index contributed by atoms with van der Waals surface area (Å²) in [4.78, 5) is 17.3. The predicted octanol–water partition coefficient (Wildman–Crippen LogP) is 4.51. The first kappa shape index (κ1) is 19.9. The minimum Gasteiger partial charge on any atom is -0.380 e. The van der Waals surface area contributed by atoms with Gasteiger partial charge in [-0.25, -0.2) is 0 Å². The zero-order chi connectivity index (χ0) is 19.4. The number of thioether (sulfide) groups is 1. The number of halogens is 1. The maximum atomic E-state index is 12.6. The molecule has 1 aliphatic rings. The number of nitrogens with one attached hydrogen (secondary N) is 1. The number of hydrogen-bond donors (Lipinski definition) is 2. The van der Waals surface area contributed by atoms with Crippen LogP contribution >= 0.6 is 27.7 Å². The number of amides is 1. The highest BCUT2D eigenvalue weighted by Crippen LogP contribution is 2.36. The first-order valence-electron chi connectivity index (χ1n) is 8.58. The molecule has 1 atom stereocenters. The number of ether oxygens (including phenoxy) is 1. The molecule has 1 heterocycles. The van der Waals surface area contributed by atoms with Crippen molar-refractivity contribution in [1.82, 2.24) is 0 Å². The van der Waals surface area contributed by atoms with E-state index >= 15 is 0 Å². The van der Waals surface area contributed by atoms with Crippen LogP contribution in [0.2, 0.25) is 0 Å². The Morgan fingerprint density at radius 3 is 2.74 bits per heavy atom. The summed E-state index contributed by atoms with van der Waals surface area (Å²) in [5.41, 5.74) is 8.88. The van der Waals surface area contributed by atoms with Gasteiger partial charge in [0.15, 0.2) is 5.17 Å². The van der Waals surface area contributed by atoms with Crippen LogP contribution in [0.3, 0.4) is 0 Å². The monoisotopic (exact) mass is 447 g/mol. The minimum atomic E-state index is -0.407. The summed E-state index contributed by atoms with van der Waals surface area (Å²) in [5.74, 6) is 0.761. The molecule has 5 nitrogen and oxygen atoms in total. The summed E-state index contributed by atoms with van der Waals surface area (Å²) in [6.45, 7) is 2.53. The molecule has 2 aromatic carbocycles. The van der Waals surface area contributed by atoms with Crippen molar-refractivity contribution in [2.45, 2.75) is 25.5 Å². The zero-order valence-corrected chi connectivity index (χ0v) is 17.7. The van der Waals surface area contributed by atoms with E-state index in [1.807, 2.05) is 24.3 Å². The summed E-state index contributed by atoms with van der Waals surface area (Å²) in [7, 11) is 1.65. The van der Waals surface area contributed by atoms with E-state index < -0.39 is 5.54 Å². The number of methoxy groups -OCH3 is 1. The van der Waals surface area contributed by atoms with Crippen molar-refractivity contribution in [1.29, 1.82) is 0 Å². The molecule has 1 unspecified atom stereocenters. The molecule has 0 aromatic heterocycles. The van der Waals surface area contributed by atoms with Crippen LogP contribution in [-0.4, -0.2) is 23.9 Å². The lowest BCUT2D eigenvalue weighted by atomic mass is 9.88. The van der Waals surface area contributed by atoms with Crippen molar-refractivity contribution in [3.05, 3.63) is 63.6 Å². The van der Waals surface area contributed by atoms with Crippen molar-refractivity contribution in [3.8, 4) is 0 Å². The van der Waals surface area contributed by atoms with Gasteiger partial charge in [-0.1, -0.05) is 33.8 Å². The molecule has 0 spiro atoms. The first-order valence-corrected chi connectivity index (χ1v) is 10.4. The summed E-state index contributed by atoms with van der Waals surface area (Å²) in [6.07, 6.45) is 0.884. The zero-order valence-electron chi connectivity index (χ0n) is 15.3. The number of benzene rings is 2. The Labute approximate surface area is 171 Å². The Bertz CT molecular complexity index is 870. The standard InChI is InChI=1S/C20H22BrN3O2S/c1-20(7-8-27-19(22)24-20)15-9-13(12-26-2)10-17(11-15)23-18(25)14-3-5-16(21)6-4-14/h3-6,9-11H,7-8,12H2,1-2H3,(H2,22,24)(H,23,25). The third-order valence-corrected chi connectivity index (χ3v) is 5.81. The average molecular weight is 448 g/mol. The molecule has 0 bridgehead atoms. The van der Waals surface area contributed by atoms with E-state index in [0.717, 1.165) is 33.5 Å². The molecule has 142 valence electrons. The lowest BCUT2D eigenvalue weighted by Crippen LogP contribution is -2.29. The maximum Gasteiger partial charge on any atom is 0.255 e. The molecule has 1 amide bonds. The molecule has 2 aromatic rings. The van der Waals surface area contributed by atoms with Gasteiger partial charge < -0.3 is 15.8 Å². The second kappa shape index (κ2) is 8.46. The van der Waals surface area contributed by atoms with Crippen molar-refractivity contribution < 1.29 is 9.53 Å². The second-order valence-corrected chi connectivity index (χ2v) is 8.67. The fourth-order valence-electron chi connectivity index (χ4n) is 3.02. The van der Waals surface area contributed by atoms with E-state index in [1.54, 1.807) is 31.0 Å². The molecule has 0 saturated heterocycles. The van der Waals surface area contributed by atoms with E-state index in [-0.39, 0.29) is 5.91 Å². The van der Waals surface area contributed by atoms with Crippen LogP contribution in [0.25, 0.3) is 0 Å². The third kappa shape index (κ3) is 4.91. The van der Waals surface area contributed by atoms with Gasteiger partial charge in [-0.3, -0.25) is 9.79 Å². The number of hydrogen-bond acceptors (Lipinski definition) is 5. The van der Waals surface area contributed by atoms with E-state index in [4.69, 9.17) is 10.5 Å². The van der Waals surface area contributed by atoms with Crippen LogP contribution in [0, 0.1) is 0 Å². The summed E-state index contributed by atoms with van der Waals surface area (Å²) < 4.78 is 6.23. The topological polar surface area (TPSA) is 76.7 Å². The molecule has 1 aliphatic heterocycles. The van der Waals surface area contributed by atoms with Crippen molar-refractivity contribution in [2.75, 3.05) is 18.2 Å². The number of nitrogens with two attached hydrogens (primary N) is 1. The van der Waals surface area contributed by atoms with Gasteiger partial charge in [-0.15, -0.1) is 0 Å². The molecule has 0 radical (unpaired) electrons. The van der Waals surface area contributed by atoms with Crippen LogP contribution in [0.1, 0.15) is 34.8 Å². The highest BCUT2D eigenvalue weighted by molar-refractivity contribution is 9.10. The first-order chi connectivity index (χ1) is 12.9. The Morgan fingerprint density at radius 1 is 1.33 bits per heavy atom. The van der Waals surface area contributed by atoms with Gasteiger partial charge >= 0.3 is 0 Å². The Kier molecular flexibility index (Phi) is 6.24. The molecular formula is C20H22BrN3O2S. The molecule has 0 saturated carbocycles. The molecule has 0 fully saturated rings. The van der Waals surface area contributed by atoms with Gasteiger partial charge in [0.25, 0.3) is 5.91 Å². The van der Waals surface area contributed by atoms with Crippen LogP contribution in [0.4, 0.5) is 5.69 Å². The highest BCUT2D eigenvalue weighted by Gasteiger charge is 2.30. The van der Waals surface area contributed by atoms with E-state index in [2.05, 4.69) is 39.2 Å². The van der Waals surface area contributed by atoms with Crippen LogP contribution in [0.5, 0.6) is 0 Å². The third-order valence-electron chi connectivity index (χ3n) is 4.49. The summed E-state index contributed by atoms with van der Waals surface area (Å²) in [6, 6.07) is 13.2. The Morgan fingerprint density at radius 2 is 2.07 bits per heavy atom. The van der Waals surface area contributed by atoms with Gasteiger partial charge in [0.2, 0.25) is 0 Å². The van der Waals surface area contributed by atoms with Crippen LogP contribution < -0.4 is 11.1 Å².